The molecule has 2 heterocycles. The summed E-state index contributed by atoms with van der Waals surface area (Å²) in [6.07, 6.45) is 6.81. The van der Waals surface area contributed by atoms with Gasteiger partial charge in [0.25, 0.3) is 0 Å². The fourth-order valence-electron chi connectivity index (χ4n) is 3.77. The average molecular weight is 254 g/mol. The molecule has 0 unspecified atom stereocenters. The van der Waals surface area contributed by atoms with E-state index in [1.165, 1.54) is 4.90 Å². The predicted molar refractivity (Wildman–Crippen MR) is 69.2 cm³/mol. The van der Waals surface area contributed by atoms with Crippen LogP contribution in [0.2, 0.25) is 0 Å². The van der Waals surface area contributed by atoms with Gasteiger partial charge in [0.1, 0.15) is 5.82 Å². The number of aromatic nitrogens is 1. The van der Waals surface area contributed by atoms with E-state index >= 15 is 0 Å². The van der Waals surface area contributed by atoms with E-state index < -0.39 is 0 Å². The van der Waals surface area contributed by atoms with Gasteiger partial charge in [-0.2, -0.15) is 0 Å². The van der Waals surface area contributed by atoms with Gasteiger partial charge in [0.05, 0.1) is 11.8 Å². The van der Waals surface area contributed by atoms with E-state index in [9.17, 15) is 9.59 Å². The van der Waals surface area contributed by atoms with E-state index in [1.54, 1.807) is 12.3 Å². The van der Waals surface area contributed by atoms with Crippen molar-refractivity contribution < 1.29 is 9.59 Å². The summed E-state index contributed by atoms with van der Waals surface area (Å²) in [4.78, 5) is 30.5. The number of pyridine rings is 1. The maximum Gasteiger partial charge on any atom is 0.239 e. The molecule has 1 aliphatic heterocycles. The van der Waals surface area contributed by atoms with Gasteiger partial charge < -0.3 is 0 Å². The fraction of sp³-hybridized carbons (Fsp3) is 0.400. The number of carbonyl (C=O) groups excluding carboxylic acids is 2. The molecule has 4 atom stereocenters. The Balaban J connectivity index is 1.77. The van der Waals surface area contributed by atoms with Crippen LogP contribution in [0.3, 0.4) is 0 Å². The van der Waals surface area contributed by atoms with Gasteiger partial charge in [-0.1, -0.05) is 12.2 Å². The molecule has 0 spiro atoms. The number of imide groups is 1. The van der Waals surface area contributed by atoms with Crippen LogP contribution >= 0.6 is 0 Å². The van der Waals surface area contributed by atoms with Crippen LogP contribution in [-0.2, 0) is 9.59 Å². The maximum atomic E-state index is 12.5. The van der Waals surface area contributed by atoms with E-state index in [1.807, 2.05) is 13.0 Å². The molecular formula is C15H14N2O2. The van der Waals surface area contributed by atoms with Crippen molar-refractivity contribution in [2.45, 2.75) is 13.3 Å². The molecule has 1 saturated heterocycles. The summed E-state index contributed by atoms with van der Waals surface area (Å²) in [6.45, 7) is 1.93. The number of hydrogen-bond donors (Lipinski definition) is 0. The molecule has 96 valence electrons. The highest BCUT2D eigenvalue weighted by Crippen LogP contribution is 2.52. The molecule has 2 bridgehead atoms. The average Bonchev–Trinajstić information content (AvgIpc) is 3.04. The van der Waals surface area contributed by atoms with Crippen LogP contribution in [0, 0.1) is 30.6 Å². The minimum Gasteiger partial charge on any atom is -0.274 e. The molecule has 2 amide bonds. The maximum absolute atomic E-state index is 12.5. The second-order valence-corrected chi connectivity index (χ2v) is 5.70. The molecule has 0 N–H and O–H groups in total. The lowest BCUT2D eigenvalue weighted by atomic mass is 9.85. The van der Waals surface area contributed by atoms with E-state index in [-0.39, 0.29) is 35.5 Å². The van der Waals surface area contributed by atoms with Gasteiger partial charge in [0, 0.05) is 6.20 Å². The fourth-order valence-corrected chi connectivity index (χ4v) is 3.77. The van der Waals surface area contributed by atoms with Crippen molar-refractivity contribution in [2.75, 3.05) is 4.90 Å². The smallest absolute Gasteiger partial charge is 0.239 e. The lowest BCUT2D eigenvalue weighted by molar-refractivity contribution is -0.123. The van der Waals surface area contributed by atoms with Crippen molar-refractivity contribution in [1.29, 1.82) is 0 Å². The van der Waals surface area contributed by atoms with E-state index in [0.29, 0.717) is 5.82 Å². The first kappa shape index (κ1) is 10.9. The number of amides is 2. The minimum atomic E-state index is -0.148. The molecule has 4 heteroatoms. The van der Waals surface area contributed by atoms with E-state index in [4.69, 9.17) is 0 Å². The third-order valence-electron chi connectivity index (χ3n) is 4.60. The molecule has 4 rings (SSSR count). The largest absolute Gasteiger partial charge is 0.274 e. The Labute approximate surface area is 111 Å². The topological polar surface area (TPSA) is 50.3 Å². The van der Waals surface area contributed by atoms with Crippen LogP contribution in [0.25, 0.3) is 0 Å². The third kappa shape index (κ3) is 1.31. The van der Waals surface area contributed by atoms with Crippen LogP contribution in [0.15, 0.2) is 30.5 Å². The molecule has 4 nitrogen and oxygen atoms in total. The van der Waals surface area contributed by atoms with Crippen molar-refractivity contribution >= 4 is 17.6 Å². The summed E-state index contributed by atoms with van der Waals surface area (Å²) < 4.78 is 0. The van der Waals surface area contributed by atoms with Gasteiger partial charge in [0.2, 0.25) is 11.8 Å². The van der Waals surface area contributed by atoms with Crippen molar-refractivity contribution in [2.24, 2.45) is 23.7 Å². The van der Waals surface area contributed by atoms with Gasteiger partial charge in [-0.15, -0.1) is 0 Å². The zero-order valence-electron chi connectivity index (χ0n) is 10.6. The van der Waals surface area contributed by atoms with Gasteiger partial charge >= 0.3 is 0 Å². The second kappa shape index (κ2) is 3.53. The summed E-state index contributed by atoms with van der Waals surface area (Å²) in [5.41, 5.74) is 1.00. The summed E-state index contributed by atoms with van der Waals surface area (Å²) in [7, 11) is 0. The number of anilines is 1. The first-order chi connectivity index (χ1) is 9.16. The number of carbonyl (C=O) groups is 2. The molecule has 0 radical (unpaired) electrons. The standard InChI is InChI=1S/C15H14N2O2/c1-8-4-5-16-11(6-8)17-14(18)12-9-2-3-10(7-9)13(12)15(17)19/h2-6,9-10,12-13H,7H2,1H3/t9-,10+,12-,13+. The zero-order valence-corrected chi connectivity index (χ0v) is 10.6. The predicted octanol–water partition coefficient (Wildman–Crippen LogP) is 1.70. The van der Waals surface area contributed by atoms with Gasteiger partial charge in [-0.05, 0) is 42.9 Å². The Bertz CT molecular complexity index is 592. The highest BCUT2D eigenvalue weighted by Gasteiger charge is 2.59. The normalized spacial score (nSPS) is 35.3. The number of allylic oxidation sites excluding steroid dienone is 2. The molecule has 1 aromatic heterocycles. The van der Waals surface area contributed by atoms with Crippen LogP contribution < -0.4 is 4.90 Å². The van der Waals surface area contributed by atoms with E-state index in [0.717, 1.165) is 12.0 Å². The quantitative estimate of drug-likeness (QED) is 0.566. The van der Waals surface area contributed by atoms with Gasteiger partial charge in [-0.25, -0.2) is 9.88 Å². The molecule has 2 fully saturated rings. The van der Waals surface area contributed by atoms with Crippen LogP contribution in [0.4, 0.5) is 5.82 Å². The molecule has 2 aliphatic carbocycles. The van der Waals surface area contributed by atoms with Crippen LogP contribution in [0.1, 0.15) is 12.0 Å². The van der Waals surface area contributed by atoms with Crippen molar-refractivity contribution in [1.82, 2.24) is 4.98 Å². The first-order valence-corrected chi connectivity index (χ1v) is 6.65. The Hall–Kier alpha value is -1.97. The van der Waals surface area contributed by atoms with Crippen molar-refractivity contribution in [3.63, 3.8) is 0 Å². The lowest BCUT2D eigenvalue weighted by Crippen LogP contribution is -2.33. The molecule has 1 aromatic rings. The Morgan fingerprint density at radius 2 is 1.79 bits per heavy atom. The summed E-state index contributed by atoms with van der Waals surface area (Å²) >= 11 is 0. The summed E-state index contributed by atoms with van der Waals surface area (Å²) in [6, 6.07) is 3.66. The molecular weight excluding hydrogens is 240 g/mol. The Morgan fingerprint density at radius 1 is 1.16 bits per heavy atom. The molecule has 3 aliphatic rings. The van der Waals surface area contributed by atoms with Crippen LogP contribution in [0.5, 0.6) is 0 Å². The molecule has 1 saturated carbocycles. The number of rotatable bonds is 1. The monoisotopic (exact) mass is 254 g/mol. The number of aryl methyl sites for hydroxylation is 1. The van der Waals surface area contributed by atoms with Crippen molar-refractivity contribution in [3.05, 3.63) is 36.0 Å². The van der Waals surface area contributed by atoms with Crippen molar-refractivity contribution in [3.8, 4) is 0 Å². The highest BCUT2D eigenvalue weighted by atomic mass is 16.2. The third-order valence-corrected chi connectivity index (χ3v) is 4.60. The summed E-state index contributed by atoms with van der Waals surface area (Å²) in [5.74, 6) is 0.552. The van der Waals surface area contributed by atoms with Gasteiger partial charge in [0.15, 0.2) is 0 Å². The Kier molecular flexibility index (Phi) is 2.03. The van der Waals surface area contributed by atoms with Crippen LogP contribution in [-0.4, -0.2) is 16.8 Å². The number of fused-ring (bicyclic) bond motifs is 5. The Morgan fingerprint density at radius 3 is 2.37 bits per heavy atom. The van der Waals surface area contributed by atoms with E-state index in [2.05, 4.69) is 17.1 Å². The lowest BCUT2D eigenvalue weighted by Gasteiger charge is -2.16. The molecule has 0 aromatic carbocycles. The SMILES string of the molecule is Cc1ccnc(N2C(=O)[C@@H]3[C@H](C2=O)[C@@H]2C=C[C@H]3C2)c1. The highest BCUT2D eigenvalue weighted by molar-refractivity contribution is 6.22. The summed E-state index contributed by atoms with van der Waals surface area (Å²) in [5, 5.41) is 0. The zero-order chi connectivity index (χ0) is 13.1. The first-order valence-electron chi connectivity index (χ1n) is 6.65. The number of hydrogen-bond acceptors (Lipinski definition) is 3. The second-order valence-electron chi connectivity index (χ2n) is 5.70. The molecule has 19 heavy (non-hydrogen) atoms. The van der Waals surface area contributed by atoms with Gasteiger partial charge in [-0.3, -0.25) is 9.59 Å². The number of nitrogens with zero attached hydrogens (tertiary/aromatic N) is 2. The minimum absolute atomic E-state index is 0.0649.